The molecule has 8 rings (SSSR count). The zero-order chi connectivity index (χ0) is 48.2. The van der Waals surface area contributed by atoms with Gasteiger partial charge in [0.05, 0.1) is 34.2 Å². The molecule has 356 valence electrons. The van der Waals surface area contributed by atoms with Crippen molar-refractivity contribution in [2.45, 2.75) is 64.3 Å². The summed E-state index contributed by atoms with van der Waals surface area (Å²) in [6.45, 7) is 9.99. The molecule has 19 heteroatoms. The van der Waals surface area contributed by atoms with E-state index in [0.717, 1.165) is 59.5 Å². The Morgan fingerprint density at radius 3 is 1.54 bits per heavy atom. The number of carbonyl (C=O) groups is 4. The number of alkyl halides is 5. The van der Waals surface area contributed by atoms with E-state index < -0.39 is 24.7 Å². The van der Waals surface area contributed by atoms with Gasteiger partial charge in [0.1, 0.15) is 22.8 Å². The number of rotatable bonds is 11. The molecule has 14 nitrogen and oxygen atoms in total. The number of hydrogen-bond acceptors (Lipinski definition) is 12. The Hall–Kier alpha value is -5.92. The van der Waals surface area contributed by atoms with Crippen molar-refractivity contribution in [2.24, 2.45) is 9.98 Å². The third-order valence-electron chi connectivity index (χ3n) is 11.7. The molecule has 2 amide bonds. The molecule has 4 aliphatic rings. The molecule has 2 fully saturated rings. The Kier molecular flexibility index (Phi) is 17.9. The molecular weight excluding hydrogens is 936 g/mol. The first-order valence-corrected chi connectivity index (χ1v) is 23.4. The largest absolute Gasteiger partial charge is 0.367 e. The normalized spacial score (nSPS) is 15.9. The van der Waals surface area contributed by atoms with Gasteiger partial charge in [-0.1, -0.05) is 54.0 Å². The fourth-order valence-electron chi connectivity index (χ4n) is 8.09. The van der Waals surface area contributed by atoms with E-state index in [0.29, 0.717) is 81.3 Å². The third-order valence-corrected chi connectivity index (χ3v) is 12.3. The number of carbonyl (C=O) groups excluding carboxylic acids is 4. The maximum absolute atomic E-state index is 13.6. The van der Waals surface area contributed by atoms with Crippen LogP contribution >= 0.6 is 15.9 Å². The highest BCUT2D eigenvalue weighted by molar-refractivity contribution is 9.08. The number of hydrogen-bond donors (Lipinski definition) is 3. The minimum atomic E-state index is -2.77. The van der Waals surface area contributed by atoms with Crippen LogP contribution in [0.1, 0.15) is 94.2 Å². The number of ketones is 2. The van der Waals surface area contributed by atoms with Gasteiger partial charge in [-0.15, -0.1) is 0 Å². The van der Waals surface area contributed by atoms with Gasteiger partial charge in [0.25, 0.3) is 24.7 Å². The second kappa shape index (κ2) is 23.7. The summed E-state index contributed by atoms with van der Waals surface area (Å²) in [7, 11) is 2.88. The molecule has 4 aromatic rings. The summed E-state index contributed by atoms with van der Waals surface area (Å²) in [5.41, 5.74) is 7.54. The topological polar surface area (TPSA) is 165 Å². The smallest absolute Gasteiger partial charge is 0.282 e. The lowest BCUT2D eigenvalue weighted by molar-refractivity contribution is -0.113. The minimum Gasteiger partial charge on any atom is -0.367 e. The second-order valence-corrected chi connectivity index (χ2v) is 16.6. The van der Waals surface area contributed by atoms with Gasteiger partial charge < -0.3 is 25.8 Å². The Bertz CT molecular complexity index is 2510. The molecule has 0 bridgehead atoms. The van der Waals surface area contributed by atoms with Crippen molar-refractivity contribution in [3.63, 3.8) is 0 Å². The second-order valence-electron chi connectivity index (χ2n) is 16.0. The van der Waals surface area contributed by atoms with Crippen LogP contribution in [0.2, 0.25) is 0 Å². The third kappa shape index (κ3) is 12.7. The van der Waals surface area contributed by atoms with E-state index in [2.05, 4.69) is 62.8 Å². The van der Waals surface area contributed by atoms with Crippen LogP contribution in [0.5, 0.6) is 0 Å². The summed E-state index contributed by atoms with van der Waals surface area (Å²) in [5, 5.41) is 8.76. The van der Waals surface area contributed by atoms with Gasteiger partial charge in [0, 0.05) is 91.2 Å². The molecule has 0 unspecified atom stereocenters. The number of Topliss-reactive ketones (excluding diaryl/α,β-unsaturated/α-hetero) is 2. The van der Waals surface area contributed by atoms with Gasteiger partial charge in [-0.25, -0.2) is 37.5 Å². The zero-order valence-corrected chi connectivity index (χ0v) is 39.6. The van der Waals surface area contributed by atoms with E-state index >= 15 is 0 Å². The molecule has 0 radical (unpaired) electrons. The van der Waals surface area contributed by atoms with Gasteiger partial charge in [-0.2, -0.15) is 0 Å². The maximum atomic E-state index is 13.6. The van der Waals surface area contributed by atoms with Gasteiger partial charge in [0.2, 0.25) is 0 Å². The van der Waals surface area contributed by atoms with Crippen LogP contribution in [0.3, 0.4) is 0 Å². The van der Waals surface area contributed by atoms with Crippen LogP contribution < -0.4 is 25.8 Å². The highest BCUT2D eigenvalue weighted by Crippen LogP contribution is 2.32. The summed E-state index contributed by atoms with van der Waals surface area (Å²) >= 11 is 3.41. The highest BCUT2D eigenvalue weighted by Gasteiger charge is 2.27. The summed E-state index contributed by atoms with van der Waals surface area (Å²) in [4.78, 5) is 69.6. The number of fused-ring (bicyclic) bond motifs is 2. The van der Waals surface area contributed by atoms with Crippen molar-refractivity contribution in [3.8, 4) is 0 Å². The number of nitrogens with zero attached hydrogens (tertiary/aromatic N) is 7. The predicted molar refractivity (Wildman–Crippen MR) is 255 cm³/mol. The van der Waals surface area contributed by atoms with E-state index in [-0.39, 0.29) is 34.3 Å². The molecule has 0 aliphatic carbocycles. The number of piperazine rings is 2. The molecule has 0 saturated carbocycles. The number of amides is 2. The molecule has 0 spiro atoms. The molecule has 2 aromatic heterocycles. The number of halogens is 5. The van der Waals surface area contributed by atoms with Gasteiger partial charge >= 0.3 is 0 Å². The van der Waals surface area contributed by atoms with E-state index in [1.807, 2.05) is 54.0 Å². The minimum absolute atomic E-state index is 0.0108. The maximum Gasteiger partial charge on any atom is 0.282 e. The molecular formula is C48H55BrF4N10O4. The first-order chi connectivity index (χ1) is 32.3. The molecule has 2 saturated heterocycles. The molecule has 0 atom stereocenters. The Morgan fingerprint density at radius 2 is 1.10 bits per heavy atom. The number of aromatic nitrogens is 2. The van der Waals surface area contributed by atoms with Gasteiger partial charge in [-0.05, 0) is 71.5 Å². The SMILES string of the molecule is CCC1=Nc2ccc(CBr)cc2CC1=O.CCC1=Nc2ccc(CN3CCN(c4ccc(C(=O)NC)nc4C(F)F)CC3)cc2CC1=O.CNC(=O)c1ccc(N2CCNCC2)c(C(F)F)n1. The summed E-state index contributed by atoms with van der Waals surface area (Å²) in [6.07, 6.45) is -3.21. The lowest BCUT2D eigenvalue weighted by Gasteiger charge is -2.36. The monoisotopic (exact) mass is 990 g/mol. The molecule has 2 aromatic carbocycles. The lowest BCUT2D eigenvalue weighted by Crippen LogP contribution is -2.46. The van der Waals surface area contributed by atoms with Crippen molar-refractivity contribution in [3.05, 3.63) is 106 Å². The van der Waals surface area contributed by atoms with Gasteiger partial charge in [0.15, 0.2) is 11.6 Å². The number of anilines is 2. The molecule has 6 heterocycles. The standard InChI is InChI=1S/C24H27F2N5O2.C12H12BrNO.C12H16F2N4O/c1-3-17-21(32)13-16-12-15(4-5-18(16)28-17)14-30-8-10-31(11-9-30)20-7-6-19(24(33)27-2)29-22(20)23(25)26;1-2-10-12(15)6-9-5-8(7-13)3-4-11(9)14-10;1-15-12(19)8-2-3-9(10(17-8)11(13)14)18-6-4-16-5-7-18/h4-7,12,23H,3,8-11,13-14H2,1-2H3,(H,27,33);3-5H,2,6-7H2,1H3;2-3,11,16H,4-7H2,1H3,(H,15,19). The first kappa shape index (κ1) is 50.5. The molecule has 3 N–H and O–H groups in total. The summed E-state index contributed by atoms with van der Waals surface area (Å²) in [6, 6.07) is 18.2. The number of nitrogens with one attached hydrogen (secondary N) is 3. The number of aliphatic imine (C=N–C) groups is 2. The highest BCUT2D eigenvalue weighted by atomic mass is 79.9. The first-order valence-electron chi connectivity index (χ1n) is 22.2. The van der Waals surface area contributed by atoms with Crippen LogP contribution in [-0.2, 0) is 34.3 Å². The van der Waals surface area contributed by atoms with Crippen molar-refractivity contribution >= 4 is 73.5 Å². The van der Waals surface area contributed by atoms with Crippen LogP contribution in [0.25, 0.3) is 0 Å². The quantitative estimate of drug-likeness (QED) is 0.103. The van der Waals surface area contributed by atoms with Crippen molar-refractivity contribution in [1.82, 2.24) is 30.8 Å². The van der Waals surface area contributed by atoms with E-state index in [1.165, 1.54) is 31.8 Å². The van der Waals surface area contributed by atoms with Crippen molar-refractivity contribution in [2.75, 3.05) is 76.3 Å². The Morgan fingerprint density at radius 1 is 0.657 bits per heavy atom. The Labute approximate surface area is 395 Å². The van der Waals surface area contributed by atoms with E-state index in [4.69, 9.17) is 0 Å². The average molecular weight is 992 g/mol. The Balaban J connectivity index is 0.000000183. The van der Waals surface area contributed by atoms with Gasteiger partial charge in [-0.3, -0.25) is 24.1 Å². The van der Waals surface area contributed by atoms with Crippen LogP contribution in [0, 0.1) is 0 Å². The number of benzene rings is 2. The number of pyridine rings is 2. The fourth-order valence-corrected chi connectivity index (χ4v) is 8.44. The average Bonchev–Trinajstić information content (AvgIpc) is 3.35. The lowest BCUT2D eigenvalue weighted by atomic mass is 9.97. The summed E-state index contributed by atoms with van der Waals surface area (Å²) < 4.78 is 53.5. The van der Waals surface area contributed by atoms with E-state index in [1.54, 1.807) is 12.1 Å². The molecule has 4 aliphatic heterocycles. The van der Waals surface area contributed by atoms with Crippen molar-refractivity contribution < 1.29 is 36.7 Å². The molecule has 67 heavy (non-hydrogen) atoms. The van der Waals surface area contributed by atoms with Crippen LogP contribution in [0.15, 0.2) is 70.6 Å². The summed E-state index contributed by atoms with van der Waals surface area (Å²) in [5.74, 6) is -0.705. The fraction of sp³-hybridized carbons (Fsp3) is 0.417. The zero-order valence-electron chi connectivity index (χ0n) is 38.0. The van der Waals surface area contributed by atoms with E-state index in [9.17, 15) is 36.7 Å². The van der Waals surface area contributed by atoms with Crippen LogP contribution in [0.4, 0.5) is 40.3 Å². The van der Waals surface area contributed by atoms with Crippen LogP contribution in [-0.4, -0.2) is 116 Å². The predicted octanol–water partition coefficient (Wildman–Crippen LogP) is 7.29. The van der Waals surface area contributed by atoms with Crippen molar-refractivity contribution in [1.29, 1.82) is 0 Å².